The topological polar surface area (TPSA) is 38.3 Å². The highest BCUT2D eigenvalue weighted by Crippen LogP contribution is 2.21. The average Bonchev–Trinajstić information content (AvgIpc) is 2.51. The minimum absolute atomic E-state index is 0.116. The van der Waals surface area contributed by atoms with Crippen LogP contribution in [0.4, 0.5) is 5.69 Å². The maximum absolute atomic E-state index is 12.5. The van der Waals surface area contributed by atoms with Crippen LogP contribution in [-0.4, -0.2) is 12.0 Å². The van der Waals surface area contributed by atoms with Gasteiger partial charge in [-0.2, -0.15) is 0 Å². The number of nitrogens with one attached hydrogen (secondary N) is 1. The second-order valence-corrected chi connectivity index (χ2v) is 6.95. The van der Waals surface area contributed by atoms with E-state index in [1.54, 1.807) is 0 Å². The van der Waals surface area contributed by atoms with Gasteiger partial charge in [0.1, 0.15) is 5.75 Å². The molecule has 0 radical (unpaired) electrons. The monoisotopic (exact) mass is 423 g/mol. The summed E-state index contributed by atoms with van der Waals surface area (Å²) >= 11 is 2.26. The molecule has 1 atom stereocenters. The van der Waals surface area contributed by atoms with Gasteiger partial charge in [0, 0.05) is 9.26 Å². The molecule has 0 aliphatic carbocycles. The number of benzene rings is 2. The fourth-order valence-electron chi connectivity index (χ4n) is 2.25. The van der Waals surface area contributed by atoms with Crippen LogP contribution < -0.4 is 10.1 Å². The van der Waals surface area contributed by atoms with Crippen LogP contribution in [0.25, 0.3) is 0 Å². The molecule has 0 heterocycles. The zero-order valence-corrected chi connectivity index (χ0v) is 16.1. The molecule has 2 rings (SSSR count). The van der Waals surface area contributed by atoms with Crippen molar-refractivity contribution >= 4 is 34.2 Å². The second kappa shape index (κ2) is 7.81. The molecule has 1 unspecified atom stereocenters. The number of ether oxygens (including phenoxy) is 1. The number of hydrogen-bond donors (Lipinski definition) is 1. The van der Waals surface area contributed by atoms with Crippen LogP contribution in [0.15, 0.2) is 36.4 Å². The van der Waals surface area contributed by atoms with Gasteiger partial charge >= 0.3 is 0 Å². The summed E-state index contributed by atoms with van der Waals surface area (Å²) in [5, 5.41) is 2.97. The first-order chi connectivity index (χ1) is 10.9. The third-order valence-corrected chi connectivity index (χ3v) is 4.54. The third kappa shape index (κ3) is 4.70. The van der Waals surface area contributed by atoms with Gasteiger partial charge in [0.25, 0.3) is 5.91 Å². The zero-order valence-electron chi connectivity index (χ0n) is 13.9. The Bertz CT molecular complexity index is 713. The van der Waals surface area contributed by atoms with E-state index in [-0.39, 0.29) is 5.91 Å². The standard InChI is InChI=1S/C19H22INO2/c1-5-18(23-16-8-6-12(2)13(3)11-16)19(22)21-17-9-7-15(20)10-14(17)4/h6-11,18H,5H2,1-4H3,(H,21,22). The molecule has 0 bridgehead atoms. The molecule has 1 N–H and O–H groups in total. The molecule has 0 saturated heterocycles. The van der Waals surface area contributed by atoms with E-state index in [2.05, 4.69) is 34.8 Å². The quantitative estimate of drug-likeness (QED) is 0.687. The molecule has 1 amide bonds. The number of rotatable bonds is 5. The Labute approximate surface area is 151 Å². The van der Waals surface area contributed by atoms with Crippen molar-refractivity contribution < 1.29 is 9.53 Å². The van der Waals surface area contributed by atoms with Crippen LogP contribution in [0.5, 0.6) is 5.75 Å². The van der Waals surface area contributed by atoms with Crippen molar-refractivity contribution in [2.24, 2.45) is 0 Å². The molecule has 0 fully saturated rings. The molecule has 122 valence electrons. The number of aryl methyl sites for hydroxylation is 3. The highest BCUT2D eigenvalue weighted by Gasteiger charge is 2.19. The van der Waals surface area contributed by atoms with Crippen molar-refractivity contribution in [3.63, 3.8) is 0 Å². The van der Waals surface area contributed by atoms with Crippen LogP contribution in [0, 0.1) is 24.3 Å². The summed E-state index contributed by atoms with van der Waals surface area (Å²) in [6.45, 7) is 8.04. The van der Waals surface area contributed by atoms with E-state index >= 15 is 0 Å². The molecule has 23 heavy (non-hydrogen) atoms. The van der Waals surface area contributed by atoms with Crippen molar-refractivity contribution in [1.29, 1.82) is 0 Å². The van der Waals surface area contributed by atoms with E-state index in [4.69, 9.17) is 4.74 Å². The van der Waals surface area contributed by atoms with E-state index in [1.165, 1.54) is 5.56 Å². The normalized spacial score (nSPS) is 11.9. The fourth-order valence-corrected chi connectivity index (χ4v) is 2.90. The fraction of sp³-hybridized carbons (Fsp3) is 0.316. The molecule has 0 aliphatic heterocycles. The van der Waals surface area contributed by atoms with Crippen LogP contribution in [0.2, 0.25) is 0 Å². The summed E-state index contributed by atoms with van der Waals surface area (Å²) in [7, 11) is 0. The Morgan fingerprint density at radius 3 is 2.43 bits per heavy atom. The summed E-state index contributed by atoms with van der Waals surface area (Å²) in [6, 6.07) is 11.8. The van der Waals surface area contributed by atoms with Crippen LogP contribution in [-0.2, 0) is 4.79 Å². The maximum atomic E-state index is 12.5. The largest absolute Gasteiger partial charge is 0.481 e. The Morgan fingerprint density at radius 1 is 1.09 bits per heavy atom. The van der Waals surface area contributed by atoms with Crippen LogP contribution >= 0.6 is 22.6 Å². The molecular formula is C19H22INO2. The predicted molar refractivity (Wildman–Crippen MR) is 103 cm³/mol. The smallest absolute Gasteiger partial charge is 0.265 e. The molecule has 0 aromatic heterocycles. The first-order valence-corrected chi connectivity index (χ1v) is 8.79. The second-order valence-electron chi connectivity index (χ2n) is 5.71. The van der Waals surface area contributed by atoms with Gasteiger partial charge in [-0.1, -0.05) is 13.0 Å². The summed E-state index contributed by atoms with van der Waals surface area (Å²) < 4.78 is 7.03. The summed E-state index contributed by atoms with van der Waals surface area (Å²) in [4.78, 5) is 12.5. The van der Waals surface area contributed by atoms with E-state index in [1.807, 2.05) is 57.2 Å². The average molecular weight is 423 g/mol. The maximum Gasteiger partial charge on any atom is 0.265 e. The van der Waals surface area contributed by atoms with Crippen LogP contribution in [0.1, 0.15) is 30.0 Å². The number of carbonyl (C=O) groups is 1. The molecule has 0 spiro atoms. The van der Waals surface area contributed by atoms with Gasteiger partial charge in [-0.15, -0.1) is 0 Å². The van der Waals surface area contributed by atoms with Crippen LogP contribution in [0.3, 0.4) is 0 Å². The van der Waals surface area contributed by atoms with Crippen molar-refractivity contribution in [3.8, 4) is 5.75 Å². The highest BCUT2D eigenvalue weighted by atomic mass is 127. The van der Waals surface area contributed by atoms with Crippen molar-refractivity contribution in [2.45, 2.75) is 40.2 Å². The van der Waals surface area contributed by atoms with Crippen molar-refractivity contribution in [1.82, 2.24) is 0 Å². The Morgan fingerprint density at radius 2 is 1.83 bits per heavy atom. The first kappa shape index (κ1) is 17.8. The van der Waals surface area contributed by atoms with Gasteiger partial charge in [0.2, 0.25) is 0 Å². The van der Waals surface area contributed by atoms with Gasteiger partial charge in [0.15, 0.2) is 6.10 Å². The molecule has 3 nitrogen and oxygen atoms in total. The minimum atomic E-state index is -0.504. The molecule has 0 aliphatic rings. The lowest BCUT2D eigenvalue weighted by Crippen LogP contribution is -2.32. The Kier molecular flexibility index (Phi) is 6.04. The lowest BCUT2D eigenvalue weighted by atomic mass is 10.1. The minimum Gasteiger partial charge on any atom is -0.481 e. The summed E-state index contributed by atoms with van der Waals surface area (Å²) in [5.74, 6) is 0.615. The Hall–Kier alpha value is -1.56. The molecule has 2 aromatic carbocycles. The zero-order chi connectivity index (χ0) is 17.0. The first-order valence-electron chi connectivity index (χ1n) is 7.71. The Balaban J connectivity index is 2.10. The molecule has 0 saturated carbocycles. The van der Waals surface area contributed by atoms with Gasteiger partial charge < -0.3 is 10.1 Å². The van der Waals surface area contributed by atoms with E-state index < -0.39 is 6.10 Å². The SMILES string of the molecule is CCC(Oc1ccc(C)c(C)c1)C(=O)Nc1ccc(I)cc1C. The lowest BCUT2D eigenvalue weighted by molar-refractivity contribution is -0.122. The van der Waals surface area contributed by atoms with Crippen molar-refractivity contribution in [3.05, 3.63) is 56.7 Å². The van der Waals surface area contributed by atoms with Gasteiger partial charge in [-0.25, -0.2) is 0 Å². The predicted octanol–water partition coefficient (Wildman–Crippen LogP) is 5.01. The van der Waals surface area contributed by atoms with E-state index in [0.717, 1.165) is 26.1 Å². The number of hydrogen-bond acceptors (Lipinski definition) is 2. The number of halogens is 1. The molecule has 4 heteroatoms. The van der Waals surface area contributed by atoms with E-state index in [9.17, 15) is 4.79 Å². The number of carbonyl (C=O) groups excluding carboxylic acids is 1. The summed E-state index contributed by atoms with van der Waals surface area (Å²) in [6.07, 6.45) is 0.109. The molecule has 2 aromatic rings. The highest BCUT2D eigenvalue weighted by molar-refractivity contribution is 14.1. The third-order valence-electron chi connectivity index (χ3n) is 3.87. The lowest BCUT2D eigenvalue weighted by Gasteiger charge is -2.18. The van der Waals surface area contributed by atoms with Gasteiger partial charge in [-0.05, 0) is 96.8 Å². The molecular weight excluding hydrogens is 401 g/mol. The van der Waals surface area contributed by atoms with E-state index in [0.29, 0.717) is 6.42 Å². The van der Waals surface area contributed by atoms with Gasteiger partial charge in [0.05, 0.1) is 0 Å². The number of amides is 1. The van der Waals surface area contributed by atoms with Gasteiger partial charge in [-0.3, -0.25) is 4.79 Å². The number of anilines is 1. The van der Waals surface area contributed by atoms with Crippen molar-refractivity contribution in [2.75, 3.05) is 5.32 Å². The summed E-state index contributed by atoms with van der Waals surface area (Å²) in [5.41, 5.74) is 4.25.